The van der Waals surface area contributed by atoms with Crippen molar-refractivity contribution in [1.82, 2.24) is 10.2 Å². The summed E-state index contributed by atoms with van der Waals surface area (Å²) < 4.78 is 5.33. The van der Waals surface area contributed by atoms with Gasteiger partial charge >= 0.3 is 0 Å². The second-order valence-corrected chi connectivity index (χ2v) is 5.71. The van der Waals surface area contributed by atoms with E-state index in [1.807, 2.05) is 44.3 Å². The van der Waals surface area contributed by atoms with Crippen molar-refractivity contribution in [2.45, 2.75) is 19.5 Å². The predicted octanol–water partition coefficient (Wildman–Crippen LogP) is 3.99. The fraction of sp³-hybridized carbons (Fsp3) is 0.312. The zero-order chi connectivity index (χ0) is 14.8. The van der Waals surface area contributed by atoms with Gasteiger partial charge in [-0.25, -0.2) is 0 Å². The van der Waals surface area contributed by atoms with Crippen LogP contribution in [0, 0.1) is 6.92 Å². The monoisotopic (exact) mass is 431 g/mol. The van der Waals surface area contributed by atoms with Crippen molar-refractivity contribution in [1.29, 1.82) is 0 Å². The first-order chi connectivity index (χ1) is 10.1. The number of guanidine groups is 1. The fourth-order valence-electron chi connectivity index (χ4n) is 2.45. The van der Waals surface area contributed by atoms with E-state index in [2.05, 4.69) is 15.2 Å². The Balaban J connectivity index is 0.00000176. The molecular formula is C16H19ClIN3O. The molecule has 1 N–H and O–H groups in total. The number of nitrogens with one attached hydrogen (secondary N) is 1. The minimum Gasteiger partial charge on any atom is -0.469 e. The number of benzene rings is 1. The van der Waals surface area contributed by atoms with E-state index in [-0.39, 0.29) is 30.0 Å². The number of nitrogens with zero attached hydrogens (tertiary/aromatic N) is 2. The fourth-order valence-corrected chi connectivity index (χ4v) is 2.57. The number of aryl methyl sites for hydroxylation is 1. The van der Waals surface area contributed by atoms with Crippen molar-refractivity contribution in [3.8, 4) is 0 Å². The van der Waals surface area contributed by atoms with Gasteiger partial charge in [0.05, 0.1) is 18.8 Å². The maximum absolute atomic E-state index is 5.93. The summed E-state index contributed by atoms with van der Waals surface area (Å²) in [7, 11) is 2.03. The van der Waals surface area contributed by atoms with E-state index in [0.717, 1.165) is 29.8 Å². The Kier molecular flexibility index (Phi) is 5.74. The van der Waals surface area contributed by atoms with Gasteiger partial charge < -0.3 is 14.6 Å². The molecule has 22 heavy (non-hydrogen) atoms. The largest absolute Gasteiger partial charge is 0.469 e. The number of hydrogen-bond donors (Lipinski definition) is 1. The number of aliphatic imine (C=N–C) groups is 1. The molecule has 4 nitrogen and oxygen atoms in total. The summed E-state index contributed by atoms with van der Waals surface area (Å²) in [4.78, 5) is 6.70. The third-order valence-corrected chi connectivity index (χ3v) is 3.99. The van der Waals surface area contributed by atoms with Crippen molar-refractivity contribution in [2.75, 3.05) is 13.6 Å². The minimum absolute atomic E-state index is 0. The molecule has 1 unspecified atom stereocenters. The summed E-state index contributed by atoms with van der Waals surface area (Å²) in [6.45, 7) is 3.50. The molecule has 0 spiro atoms. The SMILES string of the molecule is Cc1occc1CN(C)C1=NCC(c2ccc(Cl)cc2)N1.I. The molecule has 2 heterocycles. The summed E-state index contributed by atoms with van der Waals surface area (Å²) >= 11 is 5.93. The molecule has 0 aliphatic carbocycles. The lowest BCUT2D eigenvalue weighted by molar-refractivity contribution is 0.466. The number of halogens is 2. The lowest BCUT2D eigenvalue weighted by atomic mass is 10.1. The van der Waals surface area contributed by atoms with Gasteiger partial charge in [-0.1, -0.05) is 23.7 Å². The van der Waals surface area contributed by atoms with E-state index in [1.54, 1.807) is 6.26 Å². The topological polar surface area (TPSA) is 40.8 Å². The van der Waals surface area contributed by atoms with Gasteiger partial charge in [0, 0.05) is 24.2 Å². The molecule has 1 aliphatic rings. The first kappa shape index (κ1) is 17.1. The van der Waals surface area contributed by atoms with Gasteiger partial charge in [-0.15, -0.1) is 24.0 Å². The van der Waals surface area contributed by atoms with E-state index in [0.29, 0.717) is 0 Å². The predicted molar refractivity (Wildman–Crippen MR) is 100.0 cm³/mol. The molecule has 0 saturated heterocycles. The van der Waals surface area contributed by atoms with E-state index < -0.39 is 0 Å². The number of rotatable bonds is 3. The molecular weight excluding hydrogens is 413 g/mol. The van der Waals surface area contributed by atoms with Crippen LogP contribution in [-0.2, 0) is 6.54 Å². The highest BCUT2D eigenvalue weighted by atomic mass is 127. The van der Waals surface area contributed by atoms with Crippen LogP contribution in [0.1, 0.15) is 22.9 Å². The van der Waals surface area contributed by atoms with Crippen LogP contribution >= 0.6 is 35.6 Å². The smallest absolute Gasteiger partial charge is 0.194 e. The molecule has 0 fully saturated rings. The van der Waals surface area contributed by atoms with Crippen LogP contribution in [0.2, 0.25) is 5.02 Å². The zero-order valence-electron chi connectivity index (χ0n) is 12.5. The van der Waals surface area contributed by atoms with Crippen LogP contribution in [0.15, 0.2) is 46.0 Å². The molecule has 0 amide bonds. The Morgan fingerprint density at radius 1 is 1.32 bits per heavy atom. The van der Waals surface area contributed by atoms with Crippen molar-refractivity contribution in [3.05, 3.63) is 58.5 Å². The number of furan rings is 1. The van der Waals surface area contributed by atoms with E-state index in [9.17, 15) is 0 Å². The number of hydrogen-bond acceptors (Lipinski definition) is 4. The molecule has 6 heteroatoms. The van der Waals surface area contributed by atoms with Crippen LogP contribution < -0.4 is 5.32 Å². The quantitative estimate of drug-likeness (QED) is 0.747. The Labute approximate surface area is 152 Å². The van der Waals surface area contributed by atoms with Crippen LogP contribution in [-0.4, -0.2) is 24.5 Å². The van der Waals surface area contributed by atoms with Crippen LogP contribution in [0.4, 0.5) is 0 Å². The van der Waals surface area contributed by atoms with E-state index >= 15 is 0 Å². The summed E-state index contributed by atoms with van der Waals surface area (Å²) in [5, 5.41) is 4.22. The lowest BCUT2D eigenvalue weighted by Gasteiger charge is -2.21. The standard InChI is InChI=1S/C16H18ClN3O.HI/c1-11-13(7-8-21-11)10-20(2)16-18-9-15(19-16)12-3-5-14(17)6-4-12;/h3-8,15H,9-10H2,1-2H3,(H,18,19);1H. The van der Waals surface area contributed by atoms with Gasteiger partial charge in [0.25, 0.3) is 0 Å². The maximum atomic E-state index is 5.93. The molecule has 1 aromatic carbocycles. The summed E-state index contributed by atoms with van der Waals surface area (Å²) in [6, 6.07) is 10.1. The van der Waals surface area contributed by atoms with Crippen molar-refractivity contribution in [2.24, 2.45) is 4.99 Å². The zero-order valence-corrected chi connectivity index (χ0v) is 15.6. The summed E-state index contributed by atoms with van der Waals surface area (Å²) in [5.41, 5.74) is 2.38. The van der Waals surface area contributed by atoms with Gasteiger partial charge in [-0.3, -0.25) is 4.99 Å². The minimum atomic E-state index is 0. The molecule has 0 saturated carbocycles. The van der Waals surface area contributed by atoms with E-state index in [1.165, 1.54) is 11.1 Å². The highest BCUT2D eigenvalue weighted by Gasteiger charge is 2.22. The Morgan fingerprint density at radius 3 is 2.68 bits per heavy atom. The van der Waals surface area contributed by atoms with Gasteiger partial charge in [-0.05, 0) is 30.7 Å². The van der Waals surface area contributed by atoms with Gasteiger partial charge in [-0.2, -0.15) is 0 Å². The van der Waals surface area contributed by atoms with Crippen LogP contribution in [0.3, 0.4) is 0 Å². The second kappa shape index (κ2) is 7.37. The van der Waals surface area contributed by atoms with Crippen LogP contribution in [0.5, 0.6) is 0 Å². The average Bonchev–Trinajstić information content (AvgIpc) is 3.10. The van der Waals surface area contributed by atoms with Gasteiger partial charge in [0.1, 0.15) is 5.76 Å². The molecule has 2 aromatic rings. The third-order valence-electron chi connectivity index (χ3n) is 3.73. The summed E-state index contributed by atoms with van der Waals surface area (Å²) in [6.07, 6.45) is 1.72. The van der Waals surface area contributed by atoms with Gasteiger partial charge in [0.2, 0.25) is 0 Å². The lowest BCUT2D eigenvalue weighted by Crippen LogP contribution is -2.36. The van der Waals surface area contributed by atoms with Crippen LogP contribution in [0.25, 0.3) is 0 Å². The average molecular weight is 432 g/mol. The first-order valence-electron chi connectivity index (χ1n) is 6.94. The molecule has 1 atom stereocenters. The molecule has 1 aliphatic heterocycles. The Hall–Kier alpha value is -1.21. The highest BCUT2D eigenvalue weighted by Crippen LogP contribution is 2.21. The van der Waals surface area contributed by atoms with Crippen molar-refractivity contribution < 1.29 is 4.42 Å². The first-order valence-corrected chi connectivity index (χ1v) is 7.32. The normalized spacial score (nSPS) is 16.7. The third kappa shape index (κ3) is 3.76. The Bertz CT molecular complexity index is 654. The molecule has 0 radical (unpaired) electrons. The molecule has 1 aromatic heterocycles. The summed E-state index contributed by atoms with van der Waals surface area (Å²) in [5.74, 6) is 1.87. The highest BCUT2D eigenvalue weighted by molar-refractivity contribution is 14.0. The molecule has 118 valence electrons. The van der Waals surface area contributed by atoms with Crippen molar-refractivity contribution in [3.63, 3.8) is 0 Å². The molecule has 3 rings (SSSR count). The van der Waals surface area contributed by atoms with Gasteiger partial charge in [0.15, 0.2) is 5.96 Å². The molecule has 0 bridgehead atoms. The second-order valence-electron chi connectivity index (χ2n) is 5.27. The maximum Gasteiger partial charge on any atom is 0.194 e. The van der Waals surface area contributed by atoms with E-state index in [4.69, 9.17) is 16.0 Å². The van der Waals surface area contributed by atoms with Crippen molar-refractivity contribution >= 4 is 41.5 Å². The Morgan fingerprint density at radius 2 is 2.05 bits per heavy atom.